The molecule has 0 bridgehead atoms. The molecule has 0 heterocycles. The van der Waals surface area contributed by atoms with E-state index in [2.05, 4.69) is 6.58 Å². The summed E-state index contributed by atoms with van der Waals surface area (Å²) in [6.45, 7) is 3.41. The molecular formula is C11H11NO3S. The van der Waals surface area contributed by atoms with Gasteiger partial charge in [-0.15, -0.1) is 0 Å². The van der Waals surface area contributed by atoms with Crippen molar-refractivity contribution in [2.24, 2.45) is 0 Å². The number of rotatable bonds is 4. The van der Waals surface area contributed by atoms with Crippen LogP contribution in [0, 0.1) is 11.3 Å². The lowest BCUT2D eigenvalue weighted by atomic mass is 10.4. The zero-order chi connectivity index (χ0) is 12.2. The number of hydrogen-bond acceptors (Lipinski definition) is 4. The van der Waals surface area contributed by atoms with Gasteiger partial charge in [0.2, 0.25) is 15.1 Å². The van der Waals surface area contributed by atoms with Crippen molar-refractivity contribution < 1.29 is 13.2 Å². The normalized spacial score (nSPS) is 12.5. The monoisotopic (exact) mass is 237 g/mol. The number of benzene rings is 1. The van der Waals surface area contributed by atoms with E-state index in [1.807, 2.05) is 0 Å². The fourth-order valence-corrected chi connectivity index (χ4v) is 2.56. The molecule has 0 N–H and O–H groups in total. The van der Waals surface area contributed by atoms with Crippen molar-refractivity contribution in [2.45, 2.75) is 10.1 Å². The summed E-state index contributed by atoms with van der Waals surface area (Å²) in [6.07, 6.45) is 0. The lowest BCUT2D eigenvalue weighted by Gasteiger charge is -2.12. The molecule has 1 aromatic rings. The summed E-state index contributed by atoms with van der Waals surface area (Å²) in [4.78, 5) is 0.0831. The summed E-state index contributed by atoms with van der Waals surface area (Å²) in [6, 6.07) is 9.43. The van der Waals surface area contributed by atoms with Crippen molar-refractivity contribution in [3.63, 3.8) is 0 Å². The van der Waals surface area contributed by atoms with Gasteiger partial charge in [-0.3, -0.25) is 0 Å². The molecule has 16 heavy (non-hydrogen) atoms. The van der Waals surface area contributed by atoms with Crippen LogP contribution in [0.4, 0.5) is 0 Å². The van der Waals surface area contributed by atoms with Gasteiger partial charge in [0.15, 0.2) is 0 Å². The fourth-order valence-electron chi connectivity index (χ4n) is 1.17. The molecule has 1 unspecified atom stereocenters. The summed E-state index contributed by atoms with van der Waals surface area (Å²) in [5, 5.41) is 7.48. The molecule has 0 radical (unpaired) electrons. The van der Waals surface area contributed by atoms with Gasteiger partial charge >= 0.3 is 0 Å². The number of nitriles is 1. The Kier molecular flexibility index (Phi) is 3.69. The Balaban J connectivity index is 3.22. The van der Waals surface area contributed by atoms with Crippen LogP contribution < -0.4 is 0 Å². The maximum absolute atomic E-state index is 12.0. The second-order valence-electron chi connectivity index (χ2n) is 3.04. The minimum Gasteiger partial charge on any atom is -0.499 e. The quantitative estimate of drug-likeness (QED) is 0.744. The fraction of sp³-hybridized carbons (Fsp3) is 0.182. The number of methoxy groups -OCH3 is 1. The molecule has 0 saturated heterocycles. The predicted molar refractivity (Wildman–Crippen MR) is 59.2 cm³/mol. The summed E-state index contributed by atoms with van der Waals surface area (Å²) in [5.41, 5.74) is 0. The van der Waals surface area contributed by atoms with Crippen LogP contribution in [0.1, 0.15) is 0 Å². The van der Waals surface area contributed by atoms with E-state index in [4.69, 9.17) is 10.00 Å². The Morgan fingerprint density at radius 1 is 1.44 bits per heavy atom. The first-order valence-corrected chi connectivity index (χ1v) is 6.00. The average Bonchev–Trinajstić information content (AvgIpc) is 2.30. The predicted octanol–water partition coefficient (Wildman–Crippen LogP) is 1.51. The van der Waals surface area contributed by atoms with E-state index in [-0.39, 0.29) is 10.7 Å². The third kappa shape index (κ3) is 2.23. The molecule has 1 atom stereocenters. The van der Waals surface area contributed by atoms with Crippen molar-refractivity contribution in [1.29, 1.82) is 5.26 Å². The highest BCUT2D eigenvalue weighted by Gasteiger charge is 2.30. The standard InChI is InChI=1S/C11H11NO3S/c1-9(15-2)11(8-12)16(13,14)10-6-4-3-5-7-10/h3-7,11H,1H2,2H3. The highest BCUT2D eigenvalue weighted by atomic mass is 32.2. The van der Waals surface area contributed by atoms with E-state index in [9.17, 15) is 8.42 Å². The zero-order valence-corrected chi connectivity index (χ0v) is 9.57. The molecule has 0 spiro atoms. The highest BCUT2D eigenvalue weighted by molar-refractivity contribution is 7.92. The molecule has 0 fully saturated rings. The van der Waals surface area contributed by atoms with E-state index in [1.54, 1.807) is 24.3 Å². The van der Waals surface area contributed by atoms with Crippen LogP contribution >= 0.6 is 0 Å². The van der Waals surface area contributed by atoms with Crippen LogP contribution in [-0.2, 0) is 14.6 Å². The Labute approximate surface area is 94.7 Å². The van der Waals surface area contributed by atoms with Crippen LogP contribution in [0.3, 0.4) is 0 Å². The largest absolute Gasteiger partial charge is 0.499 e. The maximum Gasteiger partial charge on any atom is 0.208 e. The Morgan fingerprint density at radius 3 is 2.44 bits per heavy atom. The molecule has 1 aromatic carbocycles. The molecule has 0 aliphatic heterocycles. The van der Waals surface area contributed by atoms with E-state index < -0.39 is 15.1 Å². The second-order valence-corrected chi connectivity index (χ2v) is 5.07. The topological polar surface area (TPSA) is 67.2 Å². The van der Waals surface area contributed by atoms with Gasteiger partial charge in [0.1, 0.15) is 5.76 Å². The lowest BCUT2D eigenvalue weighted by molar-refractivity contribution is 0.288. The number of hydrogen-bond donors (Lipinski definition) is 0. The molecule has 84 valence electrons. The molecular weight excluding hydrogens is 226 g/mol. The number of sulfone groups is 1. The van der Waals surface area contributed by atoms with E-state index in [1.165, 1.54) is 19.2 Å². The van der Waals surface area contributed by atoms with Crippen LogP contribution in [0.25, 0.3) is 0 Å². The molecule has 4 nitrogen and oxygen atoms in total. The van der Waals surface area contributed by atoms with Gasteiger partial charge < -0.3 is 4.74 Å². The first-order chi connectivity index (χ1) is 7.54. The average molecular weight is 237 g/mol. The van der Waals surface area contributed by atoms with Gasteiger partial charge in [-0.1, -0.05) is 24.8 Å². The van der Waals surface area contributed by atoms with Crippen LogP contribution in [-0.4, -0.2) is 20.8 Å². The Bertz CT molecular complexity index is 514. The Morgan fingerprint density at radius 2 is 2.00 bits per heavy atom. The van der Waals surface area contributed by atoms with E-state index in [0.29, 0.717) is 0 Å². The number of ether oxygens (including phenoxy) is 1. The van der Waals surface area contributed by atoms with E-state index >= 15 is 0 Å². The summed E-state index contributed by atoms with van der Waals surface area (Å²) >= 11 is 0. The number of nitrogens with zero attached hydrogens (tertiary/aromatic N) is 1. The smallest absolute Gasteiger partial charge is 0.208 e. The first-order valence-electron chi connectivity index (χ1n) is 4.45. The molecule has 0 aliphatic carbocycles. The van der Waals surface area contributed by atoms with Crippen molar-refractivity contribution in [2.75, 3.05) is 7.11 Å². The third-order valence-corrected chi connectivity index (χ3v) is 3.97. The molecule has 0 aromatic heterocycles. The van der Waals surface area contributed by atoms with Crippen LogP contribution in [0.2, 0.25) is 0 Å². The summed E-state index contributed by atoms with van der Waals surface area (Å²) in [7, 11) is -2.46. The van der Waals surface area contributed by atoms with Gasteiger partial charge in [-0.25, -0.2) is 8.42 Å². The van der Waals surface area contributed by atoms with Crippen molar-refractivity contribution in [3.05, 3.63) is 42.7 Å². The minimum atomic E-state index is -3.75. The van der Waals surface area contributed by atoms with Gasteiger partial charge in [0.25, 0.3) is 0 Å². The van der Waals surface area contributed by atoms with E-state index in [0.717, 1.165) is 0 Å². The molecule has 5 heteroatoms. The van der Waals surface area contributed by atoms with Crippen molar-refractivity contribution in [3.8, 4) is 6.07 Å². The van der Waals surface area contributed by atoms with Gasteiger partial charge in [0.05, 0.1) is 18.1 Å². The third-order valence-electron chi connectivity index (χ3n) is 2.05. The molecule has 0 saturated carbocycles. The minimum absolute atomic E-state index is 0.0775. The highest BCUT2D eigenvalue weighted by Crippen LogP contribution is 2.20. The lowest BCUT2D eigenvalue weighted by Crippen LogP contribution is -2.22. The van der Waals surface area contributed by atoms with Crippen molar-refractivity contribution in [1.82, 2.24) is 0 Å². The van der Waals surface area contributed by atoms with Gasteiger partial charge in [-0.2, -0.15) is 5.26 Å². The zero-order valence-electron chi connectivity index (χ0n) is 8.75. The van der Waals surface area contributed by atoms with Gasteiger partial charge in [-0.05, 0) is 12.1 Å². The van der Waals surface area contributed by atoms with Gasteiger partial charge in [0, 0.05) is 0 Å². The molecule has 0 amide bonds. The van der Waals surface area contributed by atoms with Crippen LogP contribution in [0.15, 0.2) is 47.6 Å². The van der Waals surface area contributed by atoms with Crippen molar-refractivity contribution >= 4 is 9.84 Å². The SMILES string of the molecule is C=C(OC)C(C#N)S(=O)(=O)c1ccccc1. The maximum atomic E-state index is 12.0. The first kappa shape index (κ1) is 12.3. The summed E-state index contributed by atoms with van der Waals surface area (Å²) < 4.78 is 28.7. The molecule has 0 aliphatic rings. The molecule has 1 rings (SSSR count). The second kappa shape index (κ2) is 4.81. The Hall–Kier alpha value is -1.80. The summed E-state index contributed by atoms with van der Waals surface area (Å²) in [5.74, 6) is -0.0775. The van der Waals surface area contributed by atoms with Crippen LogP contribution in [0.5, 0.6) is 0 Å².